The largest absolute Gasteiger partial charge is 0.262 e. The first-order valence-corrected chi connectivity index (χ1v) is 5.55. The van der Waals surface area contributed by atoms with Crippen molar-refractivity contribution in [3.63, 3.8) is 0 Å². The Bertz CT molecular complexity index is 297. The molecule has 0 spiro atoms. The highest BCUT2D eigenvalue weighted by Crippen LogP contribution is 2.32. The van der Waals surface area contributed by atoms with Gasteiger partial charge in [0.05, 0.1) is 6.04 Å². The lowest BCUT2D eigenvalue weighted by atomic mass is 10.1. The zero-order valence-corrected chi connectivity index (χ0v) is 8.81. The Kier molecular flexibility index (Phi) is 2.51. The average molecular weight is 242 g/mol. The molecule has 0 aliphatic carbocycles. The van der Waals surface area contributed by atoms with E-state index in [-0.39, 0.29) is 0 Å². The maximum atomic E-state index is 4.46. The predicted octanol–water partition coefficient (Wildman–Crippen LogP) is 3.23. The van der Waals surface area contributed by atoms with Gasteiger partial charge in [0.2, 0.25) is 0 Å². The number of hydrogen-bond donors (Lipinski definition) is 0. The SMILES string of the molecule is BrC1=NC(c2ccccc2)CS1. The van der Waals surface area contributed by atoms with Crippen molar-refractivity contribution in [1.29, 1.82) is 0 Å². The van der Waals surface area contributed by atoms with Gasteiger partial charge in [0.25, 0.3) is 0 Å². The van der Waals surface area contributed by atoms with Crippen LogP contribution in [0.3, 0.4) is 0 Å². The maximum absolute atomic E-state index is 4.46. The number of thioether (sulfide) groups is 1. The van der Waals surface area contributed by atoms with Gasteiger partial charge in [-0.05, 0) is 21.5 Å². The van der Waals surface area contributed by atoms with Crippen molar-refractivity contribution in [2.45, 2.75) is 6.04 Å². The molecule has 12 heavy (non-hydrogen) atoms. The van der Waals surface area contributed by atoms with Crippen LogP contribution in [-0.2, 0) is 0 Å². The molecule has 0 bridgehead atoms. The van der Waals surface area contributed by atoms with E-state index in [0.717, 1.165) is 9.71 Å². The van der Waals surface area contributed by atoms with E-state index in [1.54, 1.807) is 11.8 Å². The van der Waals surface area contributed by atoms with Crippen molar-refractivity contribution in [3.05, 3.63) is 35.9 Å². The smallest absolute Gasteiger partial charge is 0.134 e. The summed E-state index contributed by atoms with van der Waals surface area (Å²) in [5, 5.41) is 0. The zero-order valence-electron chi connectivity index (χ0n) is 6.40. The summed E-state index contributed by atoms with van der Waals surface area (Å²) in [7, 11) is 0. The molecule has 0 amide bonds. The molecule has 0 saturated heterocycles. The third-order valence-electron chi connectivity index (χ3n) is 1.80. The lowest BCUT2D eigenvalue weighted by Crippen LogP contribution is -1.92. The molecule has 0 N–H and O–H groups in total. The van der Waals surface area contributed by atoms with Gasteiger partial charge in [0.15, 0.2) is 0 Å². The monoisotopic (exact) mass is 241 g/mol. The van der Waals surface area contributed by atoms with E-state index in [9.17, 15) is 0 Å². The maximum Gasteiger partial charge on any atom is 0.134 e. The molecule has 1 nitrogen and oxygen atoms in total. The minimum absolute atomic E-state index is 0.352. The molecule has 1 aliphatic heterocycles. The zero-order chi connectivity index (χ0) is 8.39. The lowest BCUT2D eigenvalue weighted by molar-refractivity contribution is 0.852. The summed E-state index contributed by atoms with van der Waals surface area (Å²) in [6.45, 7) is 0. The molecule has 1 aliphatic rings. The van der Waals surface area contributed by atoms with Crippen LogP contribution in [0.15, 0.2) is 35.3 Å². The first-order chi connectivity index (χ1) is 5.86. The number of hydrogen-bond acceptors (Lipinski definition) is 2. The summed E-state index contributed by atoms with van der Waals surface area (Å²) < 4.78 is 1.02. The van der Waals surface area contributed by atoms with E-state index in [1.807, 2.05) is 6.07 Å². The summed E-state index contributed by atoms with van der Waals surface area (Å²) in [4.78, 5) is 4.46. The van der Waals surface area contributed by atoms with E-state index in [0.29, 0.717) is 6.04 Å². The second-order valence-corrected chi connectivity index (χ2v) is 4.90. The number of halogens is 1. The summed E-state index contributed by atoms with van der Waals surface area (Å²) in [6.07, 6.45) is 0. The van der Waals surface area contributed by atoms with Crippen molar-refractivity contribution in [2.75, 3.05) is 5.75 Å². The Hall–Kier alpha value is -0.280. The van der Waals surface area contributed by atoms with Gasteiger partial charge in [-0.15, -0.1) is 0 Å². The molecule has 0 radical (unpaired) electrons. The summed E-state index contributed by atoms with van der Waals surface area (Å²) in [5.74, 6) is 1.06. The minimum Gasteiger partial charge on any atom is -0.262 e. The molecule has 1 atom stereocenters. The quantitative estimate of drug-likeness (QED) is 0.736. The summed E-state index contributed by atoms with van der Waals surface area (Å²) in [5.41, 5.74) is 1.31. The lowest BCUT2D eigenvalue weighted by Gasteiger charge is -2.03. The Morgan fingerprint density at radius 3 is 2.67 bits per heavy atom. The first kappa shape index (κ1) is 8.32. The second kappa shape index (κ2) is 3.62. The first-order valence-electron chi connectivity index (χ1n) is 3.77. The molecule has 2 rings (SSSR count). The molecular weight excluding hydrogens is 234 g/mol. The standard InChI is InChI=1S/C9H8BrNS/c10-9-11-8(6-12-9)7-4-2-1-3-5-7/h1-5,8H,6H2. The van der Waals surface area contributed by atoms with Crippen LogP contribution in [-0.4, -0.2) is 9.71 Å². The molecular formula is C9H8BrNS. The van der Waals surface area contributed by atoms with Crippen LogP contribution < -0.4 is 0 Å². The van der Waals surface area contributed by atoms with Crippen LogP contribution in [0.4, 0.5) is 0 Å². The molecule has 0 fully saturated rings. The number of benzene rings is 1. The van der Waals surface area contributed by atoms with E-state index in [2.05, 4.69) is 45.2 Å². The number of nitrogens with zero attached hydrogens (tertiary/aromatic N) is 1. The topological polar surface area (TPSA) is 12.4 Å². The van der Waals surface area contributed by atoms with Crippen molar-refractivity contribution in [3.8, 4) is 0 Å². The van der Waals surface area contributed by atoms with E-state index >= 15 is 0 Å². The fourth-order valence-electron chi connectivity index (χ4n) is 1.19. The fraction of sp³-hybridized carbons (Fsp3) is 0.222. The van der Waals surface area contributed by atoms with E-state index < -0.39 is 0 Å². The highest BCUT2D eigenvalue weighted by molar-refractivity contribution is 9.22. The minimum atomic E-state index is 0.352. The summed E-state index contributed by atoms with van der Waals surface area (Å²) >= 11 is 5.16. The van der Waals surface area contributed by atoms with Gasteiger partial charge < -0.3 is 0 Å². The highest BCUT2D eigenvalue weighted by atomic mass is 79.9. The van der Waals surface area contributed by atoms with E-state index in [1.165, 1.54) is 5.56 Å². The molecule has 1 heterocycles. The molecule has 3 heteroatoms. The van der Waals surface area contributed by atoms with Gasteiger partial charge in [0, 0.05) is 5.75 Å². The third kappa shape index (κ3) is 1.72. The van der Waals surface area contributed by atoms with Crippen molar-refractivity contribution < 1.29 is 0 Å². The van der Waals surface area contributed by atoms with Gasteiger partial charge in [-0.3, -0.25) is 4.99 Å². The Labute approximate surface area is 84.4 Å². The van der Waals surface area contributed by atoms with Crippen LogP contribution in [0, 0.1) is 0 Å². The Morgan fingerprint density at radius 1 is 1.33 bits per heavy atom. The number of aliphatic imine (C=N–C) groups is 1. The van der Waals surface area contributed by atoms with Gasteiger partial charge in [-0.1, -0.05) is 42.1 Å². The van der Waals surface area contributed by atoms with Crippen LogP contribution in [0.5, 0.6) is 0 Å². The van der Waals surface area contributed by atoms with E-state index in [4.69, 9.17) is 0 Å². The van der Waals surface area contributed by atoms with Gasteiger partial charge in [-0.2, -0.15) is 0 Å². The normalized spacial score (nSPS) is 22.4. The van der Waals surface area contributed by atoms with Crippen LogP contribution >= 0.6 is 27.7 Å². The number of rotatable bonds is 1. The Balaban J connectivity index is 2.22. The average Bonchev–Trinajstić information content (AvgIpc) is 2.54. The summed E-state index contributed by atoms with van der Waals surface area (Å²) in [6, 6.07) is 10.7. The van der Waals surface area contributed by atoms with Crippen molar-refractivity contribution in [1.82, 2.24) is 0 Å². The van der Waals surface area contributed by atoms with Gasteiger partial charge in [-0.25, -0.2) is 0 Å². The molecule has 0 aromatic heterocycles. The van der Waals surface area contributed by atoms with Crippen molar-refractivity contribution >= 4 is 31.6 Å². The molecule has 62 valence electrons. The van der Waals surface area contributed by atoms with Crippen LogP contribution in [0.2, 0.25) is 0 Å². The molecule has 1 aromatic carbocycles. The molecule has 0 saturated carbocycles. The fourth-order valence-corrected chi connectivity index (χ4v) is 2.60. The van der Waals surface area contributed by atoms with Crippen molar-refractivity contribution in [2.24, 2.45) is 4.99 Å². The van der Waals surface area contributed by atoms with Crippen LogP contribution in [0.1, 0.15) is 11.6 Å². The third-order valence-corrected chi connectivity index (χ3v) is 3.52. The highest BCUT2D eigenvalue weighted by Gasteiger charge is 2.17. The second-order valence-electron chi connectivity index (χ2n) is 2.62. The Morgan fingerprint density at radius 2 is 2.08 bits per heavy atom. The van der Waals surface area contributed by atoms with Gasteiger partial charge in [0.1, 0.15) is 3.95 Å². The predicted molar refractivity (Wildman–Crippen MR) is 58.0 cm³/mol. The van der Waals surface area contributed by atoms with Gasteiger partial charge >= 0.3 is 0 Å². The van der Waals surface area contributed by atoms with Crippen LogP contribution in [0.25, 0.3) is 0 Å². The molecule has 1 unspecified atom stereocenters. The molecule has 1 aromatic rings.